The smallest absolute Gasteiger partial charge is 0.253 e. The summed E-state index contributed by atoms with van der Waals surface area (Å²) in [5, 5.41) is 5.38. The van der Waals surface area contributed by atoms with Crippen molar-refractivity contribution < 1.29 is 23.9 Å². The van der Waals surface area contributed by atoms with E-state index in [0.29, 0.717) is 26.0 Å². The molecule has 0 fully saturated rings. The third-order valence-electron chi connectivity index (χ3n) is 4.31. The van der Waals surface area contributed by atoms with Gasteiger partial charge in [-0.05, 0) is 19.8 Å². The van der Waals surface area contributed by atoms with Crippen LogP contribution in [0, 0.1) is 5.41 Å². The van der Waals surface area contributed by atoms with Crippen molar-refractivity contribution in [2.24, 2.45) is 5.41 Å². The molecule has 1 atom stereocenters. The number of imide groups is 1. The van der Waals surface area contributed by atoms with Crippen LogP contribution in [0.3, 0.4) is 0 Å². The molecule has 0 aromatic carbocycles. The Balaban J connectivity index is 2.14. The van der Waals surface area contributed by atoms with E-state index in [-0.39, 0.29) is 42.7 Å². The van der Waals surface area contributed by atoms with Crippen LogP contribution < -0.4 is 10.6 Å². The van der Waals surface area contributed by atoms with E-state index in [0.717, 1.165) is 4.90 Å². The highest BCUT2D eigenvalue weighted by atomic mass is 16.5. The van der Waals surface area contributed by atoms with Gasteiger partial charge in [0.1, 0.15) is 0 Å². The standard InChI is InChI=1S/C18H29N3O5/c1-13(26-12-9-18(2,3)17(25)19-4)7-10-20-14(22)8-11-21-15(23)5-6-16(21)24/h5-6,13H,7-12H2,1-4H3,(H,19,25)(H,20,22). The number of carbonyl (C=O) groups excluding carboxylic acids is 4. The molecule has 2 N–H and O–H groups in total. The lowest BCUT2D eigenvalue weighted by Crippen LogP contribution is -2.36. The minimum atomic E-state index is -0.484. The van der Waals surface area contributed by atoms with Crippen LogP contribution in [-0.4, -0.2) is 61.4 Å². The van der Waals surface area contributed by atoms with Gasteiger partial charge < -0.3 is 15.4 Å². The van der Waals surface area contributed by atoms with Crippen LogP contribution >= 0.6 is 0 Å². The van der Waals surface area contributed by atoms with Gasteiger partial charge in [0.15, 0.2) is 0 Å². The molecule has 0 aromatic rings. The van der Waals surface area contributed by atoms with Gasteiger partial charge in [0.25, 0.3) is 11.8 Å². The Bertz CT molecular complexity index is 553. The monoisotopic (exact) mass is 367 g/mol. The van der Waals surface area contributed by atoms with Gasteiger partial charge in [0, 0.05) is 50.7 Å². The zero-order valence-corrected chi connectivity index (χ0v) is 16.0. The van der Waals surface area contributed by atoms with Crippen molar-refractivity contribution >= 4 is 23.6 Å². The topological polar surface area (TPSA) is 105 Å². The highest BCUT2D eigenvalue weighted by Gasteiger charge is 2.26. The fraction of sp³-hybridized carbons (Fsp3) is 0.667. The first-order valence-electron chi connectivity index (χ1n) is 8.81. The van der Waals surface area contributed by atoms with Crippen LogP contribution in [0.15, 0.2) is 12.2 Å². The number of nitrogens with one attached hydrogen (secondary N) is 2. The summed E-state index contributed by atoms with van der Waals surface area (Å²) in [6, 6.07) is 0. The van der Waals surface area contributed by atoms with E-state index in [9.17, 15) is 19.2 Å². The number of hydrogen-bond donors (Lipinski definition) is 2. The van der Waals surface area contributed by atoms with Gasteiger partial charge in [-0.3, -0.25) is 24.1 Å². The van der Waals surface area contributed by atoms with E-state index < -0.39 is 5.41 Å². The SMILES string of the molecule is CNC(=O)C(C)(C)CCOC(C)CCNC(=O)CCN1C(=O)C=CC1=O. The van der Waals surface area contributed by atoms with Crippen molar-refractivity contribution in [3.05, 3.63) is 12.2 Å². The van der Waals surface area contributed by atoms with Crippen molar-refractivity contribution in [1.82, 2.24) is 15.5 Å². The maximum atomic E-state index is 11.8. The Hall–Kier alpha value is -2.22. The average molecular weight is 367 g/mol. The number of amides is 4. The number of carbonyl (C=O) groups is 4. The molecule has 0 bridgehead atoms. The maximum absolute atomic E-state index is 11.8. The molecule has 1 rings (SSSR count). The van der Waals surface area contributed by atoms with E-state index in [4.69, 9.17) is 4.74 Å². The first-order chi connectivity index (χ1) is 12.2. The van der Waals surface area contributed by atoms with Gasteiger partial charge in [0.05, 0.1) is 6.10 Å². The predicted octanol–water partition coefficient (Wildman–Crippen LogP) is 0.375. The summed E-state index contributed by atoms with van der Waals surface area (Å²) in [5.74, 6) is -1.01. The molecule has 0 saturated heterocycles. The van der Waals surface area contributed by atoms with Crippen LogP contribution in [-0.2, 0) is 23.9 Å². The molecule has 1 unspecified atom stereocenters. The zero-order valence-electron chi connectivity index (χ0n) is 16.0. The minimum Gasteiger partial charge on any atom is -0.378 e. The fourth-order valence-corrected chi connectivity index (χ4v) is 2.42. The molecule has 0 saturated carbocycles. The summed E-state index contributed by atoms with van der Waals surface area (Å²) in [4.78, 5) is 47.3. The lowest BCUT2D eigenvalue weighted by Gasteiger charge is -2.23. The first kappa shape index (κ1) is 21.8. The van der Waals surface area contributed by atoms with Crippen LogP contribution in [0.2, 0.25) is 0 Å². The van der Waals surface area contributed by atoms with Crippen molar-refractivity contribution in [2.45, 2.75) is 46.1 Å². The lowest BCUT2D eigenvalue weighted by molar-refractivity contribution is -0.137. The Morgan fingerprint density at radius 3 is 2.42 bits per heavy atom. The Morgan fingerprint density at radius 1 is 1.23 bits per heavy atom. The van der Waals surface area contributed by atoms with E-state index in [1.807, 2.05) is 20.8 Å². The van der Waals surface area contributed by atoms with Crippen molar-refractivity contribution in [1.29, 1.82) is 0 Å². The largest absolute Gasteiger partial charge is 0.378 e. The van der Waals surface area contributed by atoms with E-state index >= 15 is 0 Å². The first-order valence-corrected chi connectivity index (χ1v) is 8.81. The molecular formula is C18H29N3O5. The summed E-state index contributed by atoms with van der Waals surface area (Å²) in [7, 11) is 1.61. The highest BCUT2D eigenvalue weighted by Crippen LogP contribution is 2.20. The number of hydrogen-bond acceptors (Lipinski definition) is 5. The van der Waals surface area contributed by atoms with Crippen LogP contribution in [0.1, 0.15) is 40.0 Å². The second-order valence-electron chi connectivity index (χ2n) is 6.94. The van der Waals surface area contributed by atoms with E-state index in [2.05, 4.69) is 10.6 Å². The molecule has 4 amide bonds. The highest BCUT2D eigenvalue weighted by molar-refractivity contribution is 6.13. The molecular weight excluding hydrogens is 338 g/mol. The fourth-order valence-electron chi connectivity index (χ4n) is 2.42. The molecule has 8 nitrogen and oxygen atoms in total. The molecule has 26 heavy (non-hydrogen) atoms. The second-order valence-corrected chi connectivity index (χ2v) is 6.94. The third kappa shape index (κ3) is 6.95. The van der Waals surface area contributed by atoms with Crippen molar-refractivity contribution in [3.8, 4) is 0 Å². The molecule has 1 aliphatic heterocycles. The van der Waals surface area contributed by atoms with Crippen LogP contribution in [0.4, 0.5) is 0 Å². The third-order valence-corrected chi connectivity index (χ3v) is 4.31. The van der Waals surface area contributed by atoms with Crippen LogP contribution in [0.25, 0.3) is 0 Å². The maximum Gasteiger partial charge on any atom is 0.253 e. The molecule has 0 radical (unpaired) electrons. The number of rotatable bonds is 11. The van der Waals surface area contributed by atoms with Gasteiger partial charge in [-0.25, -0.2) is 0 Å². The summed E-state index contributed by atoms with van der Waals surface area (Å²) >= 11 is 0. The van der Waals surface area contributed by atoms with Gasteiger partial charge in [-0.1, -0.05) is 13.8 Å². The summed E-state index contributed by atoms with van der Waals surface area (Å²) < 4.78 is 5.69. The molecule has 146 valence electrons. The average Bonchev–Trinajstić information content (AvgIpc) is 2.90. The second kappa shape index (κ2) is 10.1. The summed E-state index contributed by atoms with van der Waals surface area (Å²) in [5.41, 5.74) is -0.484. The zero-order chi connectivity index (χ0) is 19.7. The van der Waals surface area contributed by atoms with E-state index in [1.165, 1.54) is 12.2 Å². The van der Waals surface area contributed by atoms with Gasteiger partial charge in [0.2, 0.25) is 11.8 Å². The van der Waals surface area contributed by atoms with Gasteiger partial charge in [-0.15, -0.1) is 0 Å². The van der Waals surface area contributed by atoms with Crippen LogP contribution in [0.5, 0.6) is 0 Å². The molecule has 1 heterocycles. The Labute approximate surface area is 154 Å². The molecule has 0 spiro atoms. The Morgan fingerprint density at radius 2 is 1.85 bits per heavy atom. The lowest BCUT2D eigenvalue weighted by atomic mass is 9.89. The van der Waals surface area contributed by atoms with Gasteiger partial charge in [-0.2, -0.15) is 0 Å². The normalized spacial score (nSPS) is 15.3. The van der Waals surface area contributed by atoms with Crippen molar-refractivity contribution in [3.63, 3.8) is 0 Å². The molecule has 0 aromatic heterocycles. The van der Waals surface area contributed by atoms with Crippen molar-refractivity contribution in [2.75, 3.05) is 26.7 Å². The molecule has 0 aliphatic carbocycles. The van der Waals surface area contributed by atoms with Gasteiger partial charge >= 0.3 is 0 Å². The summed E-state index contributed by atoms with van der Waals surface area (Å²) in [6.07, 6.45) is 3.66. The number of nitrogens with zero attached hydrogens (tertiary/aromatic N) is 1. The minimum absolute atomic E-state index is 0.0221. The van der Waals surface area contributed by atoms with E-state index in [1.54, 1.807) is 7.05 Å². The Kier molecular flexibility index (Phi) is 8.44. The molecule has 8 heteroatoms. The molecule has 1 aliphatic rings. The predicted molar refractivity (Wildman–Crippen MR) is 96.0 cm³/mol. The quantitative estimate of drug-likeness (QED) is 0.514. The number of ether oxygens (including phenoxy) is 1. The summed E-state index contributed by atoms with van der Waals surface area (Å²) in [6.45, 7) is 6.63.